The summed E-state index contributed by atoms with van der Waals surface area (Å²) in [6.45, 7) is 2.66. The summed E-state index contributed by atoms with van der Waals surface area (Å²) in [7, 11) is -2.35. The number of amides is 2. The molecule has 8 nitrogen and oxygen atoms in total. The number of hydrogen-bond donors (Lipinski definition) is 1. The van der Waals surface area contributed by atoms with Crippen LogP contribution in [0.5, 0.6) is 5.75 Å². The fourth-order valence-electron chi connectivity index (χ4n) is 4.54. The van der Waals surface area contributed by atoms with Crippen molar-refractivity contribution in [1.82, 2.24) is 4.31 Å². The van der Waals surface area contributed by atoms with E-state index in [0.29, 0.717) is 60.4 Å². The van der Waals surface area contributed by atoms with Gasteiger partial charge >= 0.3 is 0 Å². The summed E-state index contributed by atoms with van der Waals surface area (Å²) in [6.07, 6.45) is 2.08. The molecule has 0 aliphatic carbocycles. The average molecular weight is 550 g/mol. The van der Waals surface area contributed by atoms with Crippen LogP contribution in [-0.2, 0) is 26.0 Å². The second-order valence-electron chi connectivity index (χ2n) is 8.48. The second-order valence-corrected chi connectivity index (χ2v) is 11.3. The van der Waals surface area contributed by atoms with Gasteiger partial charge in [-0.25, -0.2) is 8.42 Å². The van der Waals surface area contributed by atoms with Crippen LogP contribution < -0.4 is 15.0 Å². The van der Waals surface area contributed by atoms with Gasteiger partial charge in [-0.3, -0.25) is 9.59 Å². The van der Waals surface area contributed by atoms with E-state index >= 15 is 0 Å². The third-order valence-corrected chi connectivity index (χ3v) is 8.66. The third kappa shape index (κ3) is 4.85. The lowest BCUT2D eigenvalue weighted by atomic mass is 9.99. The number of piperidine rings is 1. The number of halogens is 1. The Morgan fingerprint density at radius 3 is 2.59 bits per heavy atom. The lowest BCUT2D eigenvalue weighted by Gasteiger charge is -2.32. The van der Waals surface area contributed by atoms with Gasteiger partial charge < -0.3 is 15.0 Å². The zero-order valence-electron chi connectivity index (χ0n) is 19.2. The molecule has 182 valence electrons. The number of anilines is 2. The normalized spacial score (nSPS) is 18.4. The van der Waals surface area contributed by atoms with E-state index in [1.54, 1.807) is 49.3 Å². The van der Waals surface area contributed by atoms with Crippen LogP contribution >= 0.6 is 15.9 Å². The average Bonchev–Trinajstić information content (AvgIpc) is 3.27. The van der Waals surface area contributed by atoms with Crippen LogP contribution in [-0.4, -0.2) is 51.3 Å². The second kappa shape index (κ2) is 10.1. The first-order chi connectivity index (χ1) is 16.2. The molecule has 0 radical (unpaired) electrons. The number of carbonyl (C=O) groups excluding carboxylic acids is 2. The first-order valence-electron chi connectivity index (χ1n) is 11.3. The molecule has 0 bridgehead atoms. The van der Waals surface area contributed by atoms with E-state index in [0.717, 1.165) is 5.56 Å². The largest absolute Gasteiger partial charge is 0.497 e. The molecule has 0 aromatic heterocycles. The van der Waals surface area contributed by atoms with E-state index in [-0.39, 0.29) is 23.3 Å². The zero-order chi connectivity index (χ0) is 24.5. The number of ether oxygens (including phenoxy) is 1. The van der Waals surface area contributed by atoms with Crippen molar-refractivity contribution in [3.8, 4) is 5.75 Å². The molecule has 0 saturated carbocycles. The van der Waals surface area contributed by atoms with E-state index in [4.69, 9.17) is 4.74 Å². The van der Waals surface area contributed by atoms with Gasteiger partial charge in [-0.2, -0.15) is 4.31 Å². The molecule has 2 aliphatic rings. The highest BCUT2D eigenvalue weighted by Gasteiger charge is 2.38. The first-order valence-corrected chi connectivity index (χ1v) is 13.6. The van der Waals surface area contributed by atoms with Crippen LogP contribution in [0.2, 0.25) is 0 Å². The molecule has 2 aliphatic heterocycles. The molecule has 1 saturated heterocycles. The number of nitrogens with zero attached hydrogens (tertiary/aromatic N) is 2. The monoisotopic (exact) mass is 549 g/mol. The SMILES string of the molecule is CCC(=O)N1CCc2cc(Br)cc(S(=O)(=O)N3CCC[C@H](C(=O)Nc4ccc(OC)cc4)C3)c21. The number of methoxy groups -OCH3 is 1. The first kappa shape index (κ1) is 24.7. The van der Waals surface area contributed by atoms with E-state index < -0.39 is 15.9 Å². The predicted octanol–water partition coefficient (Wildman–Crippen LogP) is 3.80. The summed E-state index contributed by atoms with van der Waals surface area (Å²) in [4.78, 5) is 27.1. The van der Waals surface area contributed by atoms with Gasteiger partial charge in [-0.15, -0.1) is 0 Å². The predicted molar refractivity (Wildman–Crippen MR) is 134 cm³/mol. The Balaban J connectivity index is 1.57. The fraction of sp³-hybridized carbons (Fsp3) is 0.417. The van der Waals surface area contributed by atoms with Gasteiger partial charge in [-0.1, -0.05) is 22.9 Å². The van der Waals surface area contributed by atoms with Crippen molar-refractivity contribution >= 4 is 49.1 Å². The number of carbonyl (C=O) groups is 2. The Morgan fingerprint density at radius 1 is 1.18 bits per heavy atom. The third-order valence-electron chi connectivity index (χ3n) is 6.33. The van der Waals surface area contributed by atoms with E-state index in [1.807, 2.05) is 6.07 Å². The highest BCUT2D eigenvalue weighted by atomic mass is 79.9. The van der Waals surface area contributed by atoms with Crippen LogP contribution in [0.25, 0.3) is 0 Å². The Kier molecular flexibility index (Phi) is 7.30. The minimum absolute atomic E-state index is 0.0906. The van der Waals surface area contributed by atoms with Crippen LogP contribution in [0.1, 0.15) is 31.7 Å². The Bertz CT molecular complexity index is 1200. The van der Waals surface area contributed by atoms with Crippen molar-refractivity contribution in [3.63, 3.8) is 0 Å². The number of nitrogens with one attached hydrogen (secondary N) is 1. The van der Waals surface area contributed by atoms with Crippen molar-refractivity contribution in [1.29, 1.82) is 0 Å². The topological polar surface area (TPSA) is 96.0 Å². The number of fused-ring (bicyclic) bond motifs is 1. The molecule has 4 rings (SSSR count). The smallest absolute Gasteiger partial charge is 0.245 e. The maximum atomic E-state index is 13.8. The molecule has 0 unspecified atom stereocenters. The molecule has 10 heteroatoms. The lowest BCUT2D eigenvalue weighted by molar-refractivity contribution is -0.121. The Hall–Kier alpha value is -2.43. The highest BCUT2D eigenvalue weighted by molar-refractivity contribution is 9.10. The zero-order valence-corrected chi connectivity index (χ0v) is 21.6. The van der Waals surface area contributed by atoms with Gasteiger partial charge in [-0.05, 0) is 61.2 Å². The molecular weight excluding hydrogens is 522 g/mol. The van der Waals surface area contributed by atoms with Crippen LogP contribution in [0, 0.1) is 5.92 Å². The van der Waals surface area contributed by atoms with E-state index in [9.17, 15) is 18.0 Å². The summed E-state index contributed by atoms with van der Waals surface area (Å²) in [5.41, 5.74) is 1.93. The van der Waals surface area contributed by atoms with Gasteiger partial charge in [0, 0.05) is 36.2 Å². The Labute approximate surface area is 208 Å². The minimum Gasteiger partial charge on any atom is -0.497 e. The van der Waals surface area contributed by atoms with Gasteiger partial charge in [0.25, 0.3) is 0 Å². The summed E-state index contributed by atoms with van der Waals surface area (Å²) in [6, 6.07) is 10.4. The van der Waals surface area contributed by atoms with Crippen molar-refractivity contribution in [2.75, 3.05) is 37.0 Å². The van der Waals surface area contributed by atoms with Crippen LogP contribution in [0.4, 0.5) is 11.4 Å². The maximum Gasteiger partial charge on any atom is 0.245 e. The van der Waals surface area contributed by atoms with Gasteiger partial charge in [0.05, 0.1) is 18.7 Å². The van der Waals surface area contributed by atoms with Crippen molar-refractivity contribution < 1.29 is 22.7 Å². The van der Waals surface area contributed by atoms with Gasteiger partial charge in [0.1, 0.15) is 10.6 Å². The lowest BCUT2D eigenvalue weighted by Crippen LogP contribution is -2.44. The summed E-state index contributed by atoms with van der Waals surface area (Å²) < 4.78 is 34.7. The molecule has 2 amide bonds. The fourth-order valence-corrected chi connectivity index (χ4v) is 6.98. The summed E-state index contributed by atoms with van der Waals surface area (Å²) in [5, 5.41) is 2.88. The molecular formula is C24H28BrN3O5S. The molecule has 2 aromatic rings. The van der Waals surface area contributed by atoms with E-state index in [2.05, 4.69) is 21.2 Å². The molecule has 34 heavy (non-hydrogen) atoms. The van der Waals surface area contributed by atoms with Crippen LogP contribution in [0.15, 0.2) is 45.8 Å². The standard InChI is InChI=1S/C24H28BrN3O5S/c1-3-22(29)28-12-10-16-13-18(25)14-21(23(16)28)34(31,32)27-11-4-5-17(15-27)24(30)26-19-6-8-20(33-2)9-7-19/h6-9,13-14,17H,3-5,10-12,15H2,1-2H3,(H,26,30)/t17-/m0/s1. The summed E-state index contributed by atoms with van der Waals surface area (Å²) >= 11 is 3.43. The maximum absolute atomic E-state index is 13.8. The number of benzene rings is 2. The molecule has 1 fully saturated rings. The Morgan fingerprint density at radius 2 is 1.91 bits per heavy atom. The van der Waals surface area contributed by atoms with E-state index in [1.165, 1.54) is 4.31 Å². The van der Waals surface area contributed by atoms with Crippen molar-refractivity contribution in [2.24, 2.45) is 5.92 Å². The van der Waals surface area contributed by atoms with Crippen molar-refractivity contribution in [3.05, 3.63) is 46.4 Å². The molecule has 1 N–H and O–H groups in total. The number of rotatable bonds is 6. The molecule has 1 atom stereocenters. The quantitative estimate of drug-likeness (QED) is 0.591. The number of sulfonamides is 1. The van der Waals surface area contributed by atoms with Gasteiger partial charge in [0.15, 0.2) is 0 Å². The van der Waals surface area contributed by atoms with Gasteiger partial charge in [0.2, 0.25) is 21.8 Å². The number of hydrogen-bond acceptors (Lipinski definition) is 5. The highest BCUT2D eigenvalue weighted by Crippen LogP contribution is 2.40. The minimum atomic E-state index is -3.92. The molecule has 2 aromatic carbocycles. The van der Waals surface area contributed by atoms with Crippen molar-refractivity contribution in [2.45, 2.75) is 37.5 Å². The molecule has 0 spiro atoms. The van der Waals surface area contributed by atoms with Crippen LogP contribution in [0.3, 0.4) is 0 Å². The molecule has 2 heterocycles. The summed E-state index contributed by atoms with van der Waals surface area (Å²) in [5.74, 6) is -0.107.